The molecule has 1 aromatic heterocycles. The molecule has 0 aromatic carbocycles. The van der Waals surface area contributed by atoms with Crippen molar-refractivity contribution >= 4 is 11.9 Å². The first kappa shape index (κ1) is 13.6. The van der Waals surface area contributed by atoms with E-state index in [1.165, 1.54) is 0 Å². The Morgan fingerprint density at radius 3 is 2.32 bits per heavy atom. The lowest BCUT2D eigenvalue weighted by Gasteiger charge is -2.20. The third-order valence-electron chi connectivity index (χ3n) is 4.05. The SMILES string of the molecule is Cc1oc(C)c(C(=O)N2CCC(C)(C(=O)O)C2)c1C. The van der Waals surface area contributed by atoms with E-state index in [1.54, 1.807) is 18.7 Å². The van der Waals surface area contributed by atoms with E-state index in [4.69, 9.17) is 4.42 Å². The largest absolute Gasteiger partial charge is 0.481 e. The lowest BCUT2D eigenvalue weighted by Crippen LogP contribution is -2.35. The van der Waals surface area contributed by atoms with Gasteiger partial charge in [0.1, 0.15) is 11.5 Å². The summed E-state index contributed by atoms with van der Waals surface area (Å²) in [6.45, 7) is 7.85. The van der Waals surface area contributed by atoms with E-state index in [2.05, 4.69) is 0 Å². The molecule has 1 N–H and O–H groups in total. The maximum atomic E-state index is 12.5. The molecule has 1 atom stereocenters. The molecular weight excluding hydrogens is 246 g/mol. The van der Waals surface area contributed by atoms with Crippen LogP contribution in [0.15, 0.2) is 4.42 Å². The van der Waals surface area contributed by atoms with Crippen LogP contribution < -0.4 is 0 Å². The van der Waals surface area contributed by atoms with Gasteiger partial charge in [0.15, 0.2) is 0 Å². The average Bonchev–Trinajstić information content (AvgIpc) is 2.83. The summed E-state index contributed by atoms with van der Waals surface area (Å²) in [6.07, 6.45) is 0.489. The van der Waals surface area contributed by atoms with Gasteiger partial charge in [-0.3, -0.25) is 9.59 Å². The molecule has 19 heavy (non-hydrogen) atoms. The highest BCUT2D eigenvalue weighted by atomic mass is 16.4. The standard InChI is InChI=1S/C14H19NO4/c1-8-9(2)19-10(3)11(8)12(16)15-6-5-14(4,7-15)13(17)18/h5-7H2,1-4H3,(H,17,18). The van der Waals surface area contributed by atoms with Gasteiger partial charge in [-0.2, -0.15) is 0 Å². The van der Waals surface area contributed by atoms with E-state index in [0.29, 0.717) is 24.3 Å². The van der Waals surface area contributed by atoms with Crippen LogP contribution in [-0.4, -0.2) is 35.0 Å². The number of amides is 1. The minimum absolute atomic E-state index is 0.128. The third-order valence-corrected chi connectivity index (χ3v) is 4.05. The molecule has 1 aliphatic heterocycles. The van der Waals surface area contributed by atoms with Crippen LogP contribution in [0.2, 0.25) is 0 Å². The molecule has 1 aliphatic rings. The van der Waals surface area contributed by atoms with Crippen molar-refractivity contribution < 1.29 is 19.1 Å². The summed E-state index contributed by atoms with van der Waals surface area (Å²) in [6, 6.07) is 0. The fourth-order valence-electron chi connectivity index (χ4n) is 2.58. The number of hydrogen-bond donors (Lipinski definition) is 1. The highest BCUT2D eigenvalue weighted by Crippen LogP contribution is 2.32. The van der Waals surface area contributed by atoms with E-state index in [-0.39, 0.29) is 12.5 Å². The molecule has 1 saturated heterocycles. The Morgan fingerprint density at radius 2 is 1.89 bits per heavy atom. The monoisotopic (exact) mass is 265 g/mol. The van der Waals surface area contributed by atoms with Gasteiger partial charge in [-0.15, -0.1) is 0 Å². The Labute approximate surface area is 112 Å². The summed E-state index contributed by atoms with van der Waals surface area (Å²) >= 11 is 0. The van der Waals surface area contributed by atoms with Crippen molar-refractivity contribution in [1.29, 1.82) is 0 Å². The quantitative estimate of drug-likeness (QED) is 0.889. The van der Waals surface area contributed by atoms with Crippen LogP contribution in [0, 0.1) is 26.2 Å². The molecule has 0 bridgehead atoms. The number of carbonyl (C=O) groups excluding carboxylic acids is 1. The van der Waals surface area contributed by atoms with Crippen molar-refractivity contribution in [1.82, 2.24) is 4.90 Å². The van der Waals surface area contributed by atoms with Gasteiger partial charge in [-0.1, -0.05) is 0 Å². The maximum Gasteiger partial charge on any atom is 0.311 e. The van der Waals surface area contributed by atoms with Crippen molar-refractivity contribution in [3.63, 3.8) is 0 Å². The second-order valence-corrected chi connectivity index (χ2v) is 5.56. The number of hydrogen-bond acceptors (Lipinski definition) is 3. The molecule has 1 fully saturated rings. The first-order chi connectivity index (χ1) is 8.76. The smallest absolute Gasteiger partial charge is 0.311 e. The van der Waals surface area contributed by atoms with E-state index < -0.39 is 11.4 Å². The first-order valence-corrected chi connectivity index (χ1v) is 6.35. The van der Waals surface area contributed by atoms with Gasteiger partial charge in [0.2, 0.25) is 0 Å². The number of carbonyl (C=O) groups is 2. The molecule has 0 saturated carbocycles. The van der Waals surface area contributed by atoms with Gasteiger partial charge < -0.3 is 14.4 Å². The van der Waals surface area contributed by atoms with Crippen LogP contribution >= 0.6 is 0 Å². The number of carboxylic acids is 1. The molecule has 104 valence electrons. The summed E-state index contributed by atoms with van der Waals surface area (Å²) < 4.78 is 5.46. The van der Waals surface area contributed by atoms with Crippen molar-refractivity contribution in [3.8, 4) is 0 Å². The molecule has 1 amide bonds. The number of nitrogens with zero attached hydrogens (tertiary/aromatic N) is 1. The second kappa shape index (κ2) is 4.40. The van der Waals surface area contributed by atoms with E-state index >= 15 is 0 Å². The van der Waals surface area contributed by atoms with Crippen molar-refractivity contribution in [2.75, 3.05) is 13.1 Å². The van der Waals surface area contributed by atoms with Gasteiger partial charge in [-0.25, -0.2) is 0 Å². The molecule has 2 heterocycles. The lowest BCUT2D eigenvalue weighted by atomic mass is 9.90. The summed E-state index contributed by atoms with van der Waals surface area (Å²) in [7, 11) is 0. The molecule has 0 spiro atoms. The Hall–Kier alpha value is -1.78. The summed E-state index contributed by atoms with van der Waals surface area (Å²) in [5.41, 5.74) is 0.578. The van der Waals surface area contributed by atoms with Crippen LogP contribution in [0.1, 0.15) is 40.8 Å². The molecule has 5 heteroatoms. The Morgan fingerprint density at radius 1 is 1.26 bits per heavy atom. The highest BCUT2D eigenvalue weighted by Gasteiger charge is 2.43. The fourth-order valence-corrected chi connectivity index (χ4v) is 2.58. The minimum atomic E-state index is -0.848. The van der Waals surface area contributed by atoms with Gasteiger partial charge in [0.25, 0.3) is 5.91 Å². The first-order valence-electron chi connectivity index (χ1n) is 6.35. The zero-order valence-corrected chi connectivity index (χ0v) is 11.7. The number of rotatable bonds is 2. The molecular formula is C14H19NO4. The Kier molecular flexibility index (Phi) is 3.16. The Bertz CT molecular complexity index is 546. The van der Waals surface area contributed by atoms with Crippen LogP contribution in [0.25, 0.3) is 0 Å². The predicted molar refractivity (Wildman–Crippen MR) is 69.2 cm³/mol. The van der Waals surface area contributed by atoms with E-state index in [9.17, 15) is 14.7 Å². The van der Waals surface area contributed by atoms with Crippen LogP contribution in [0.5, 0.6) is 0 Å². The van der Waals surface area contributed by atoms with Gasteiger partial charge in [-0.05, 0) is 34.1 Å². The third kappa shape index (κ3) is 2.13. The predicted octanol–water partition coefficient (Wildman–Crippen LogP) is 2.14. The van der Waals surface area contributed by atoms with Gasteiger partial charge in [0.05, 0.1) is 11.0 Å². The normalized spacial score (nSPS) is 22.8. The summed E-state index contributed by atoms with van der Waals surface area (Å²) in [5, 5.41) is 9.20. The zero-order chi connectivity index (χ0) is 14.4. The molecule has 2 rings (SSSR count). The van der Waals surface area contributed by atoms with Crippen LogP contribution in [-0.2, 0) is 4.79 Å². The van der Waals surface area contributed by atoms with E-state index in [0.717, 1.165) is 11.3 Å². The number of likely N-dealkylation sites (tertiary alicyclic amines) is 1. The number of aryl methyl sites for hydroxylation is 2. The van der Waals surface area contributed by atoms with Crippen LogP contribution in [0.3, 0.4) is 0 Å². The number of carboxylic acid groups (broad SMARTS) is 1. The maximum absolute atomic E-state index is 12.5. The number of aliphatic carboxylic acids is 1. The molecule has 0 radical (unpaired) electrons. The van der Waals surface area contributed by atoms with Gasteiger partial charge >= 0.3 is 5.97 Å². The Balaban J connectivity index is 2.25. The fraction of sp³-hybridized carbons (Fsp3) is 0.571. The lowest BCUT2D eigenvalue weighted by molar-refractivity contribution is -0.147. The van der Waals surface area contributed by atoms with Crippen LogP contribution in [0.4, 0.5) is 0 Å². The summed E-state index contributed by atoms with van der Waals surface area (Å²) in [5.74, 6) is 0.362. The molecule has 1 aromatic rings. The second-order valence-electron chi connectivity index (χ2n) is 5.56. The topological polar surface area (TPSA) is 70.8 Å². The minimum Gasteiger partial charge on any atom is -0.481 e. The molecule has 1 unspecified atom stereocenters. The number of furan rings is 1. The van der Waals surface area contributed by atoms with Crippen molar-refractivity contribution in [2.45, 2.75) is 34.1 Å². The van der Waals surface area contributed by atoms with Crippen molar-refractivity contribution in [3.05, 3.63) is 22.6 Å². The average molecular weight is 265 g/mol. The van der Waals surface area contributed by atoms with E-state index in [1.807, 2.05) is 13.8 Å². The highest BCUT2D eigenvalue weighted by molar-refractivity contribution is 5.97. The zero-order valence-electron chi connectivity index (χ0n) is 11.7. The van der Waals surface area contributed by atoms with Crippen molar-refractivity contribution in [2.24, 2.45) is 5.41 Å². The summed E-state index contributed by atoms with van der Waals surface area (Å²) in [4.78, 5) is 25.3. The molecule has 5 nitrogen and oxygen atoms in total. The van der Waals surface area contributed by atoms with Gasteiger partial charge in [0, 0.05) is 18.7 Å². The molecule has 0 aliphatic carbocycles.